The molecule has 3 rings (SSSR count). The number of aromatic amines is 1. The molecule has 1 aliphatic rings. The Bertz CT molecular complexity index is 746. The van der Waals surface area contributed by atoms with Crippen molar-refractivity contribution >= 4 is 33.2 Å². The molecule has 1 aromatic heterocycles. The number of H-pyrrole nitrogens is 1. The number of rotatable bonds is 3. The zero-order valence-electron chi connectivity index (χ0n) is 11.2. The second kappa shape index (κ2) is 6.13. The maximum Gasteiger partial charge on any atom is 0.244 e. The summed E-state index contributed by atoms with van der Waals surface area (Å²) < 4.78 is 32.5. The normalized spacial score (nSPS) is 20.2. The van der Waals surface area contributed by atoms with Crippen LogP contribution in [0.4, 0.5) is 0 Å². The van der Waals surface area contributed by atoms with E-state index in [-0.39, 0.29) is 28.1 Å². The first-order chi connectivity index (χ1) is 10.5. The van der Waals surface area contributed by atoms with Crippen molar-refractivity contribution in [2.45, 2.75) is 10.9 Å². The van der Waals surface area contributed by atoms with E-state index in [1.807, 2.05) is 0 Å². The minimum atomic E-state index is -3.79. The topological polar surface area (TPSA) is 88.2 Å². The zero-order valence-corrected chi connectivity index (χ0v) is 13.6. The minimum Gasteiger partial charge on any atom is -0.378 e. The third kappa shape index (κ3) is 2.97. The molecule has 118 valence electrons. The van der Waals surface area contributed by atoms with Gasteiger partial charge in [0.1, 0.15) is 18.2 Å². The van der Waals surface area contributed by atoms with Gasteiger partial charge in [-0.1, -0.05) is 23.2 Å². The van der Waals surface area contributed by atoms with Gasteiger partial charge in [0.15, 0.2) is 0 Å². The molecule has 0 aliphatic carbocycles. The lowest BCUT2D eigenvalue weighted by Crippen LogP contribution is -2.43. The first kappa shape index (κ1) is 15.7. The zero-order chi connectivity index (χ0) is 15.7. The van der Waals surface area contributed by atoms with Crippen LogP contribution in [-0.2, 0) is 14.8 Å². The second-order valence-corrected chi connectivity index (χ2v) is 7.45. The molecule has 1 atom stereocenters. The van der Waals surface area contributed by atoms with Crippen LogP contribution in [0.15, 0.2) is 29.4 Å². The number of morpholine rings is 1. The van der Waals surface area contributed by atoms with Crippen molar-refractivity contribution in [3.8, 4) is 0 Å². The van der Waals surface area contributed by atoms with Crippen molar-refractivity contribution in [3.05, 3.63) is 40.4 Å². The Labute approximate surface area is 137 Å². The molecule has 0 spiro atoms. The van der Waals surface area contributed by atoms with Gasteiger partial charge in [-0.15, -0.1) is 0 Å². The summed E-state index contributed by atoms with van der Waals surface area (Å²) in [5.74, 6) is 0.427. The van der Waals surface area contributed by atoms with Gasteiger partial charge in [-0.25, -0.2) is 13.4 Å². The lowest BCUT2D eigenvalue weighted by atomic mass is 10.2. The third-order valence-corrected chi connectivity index (χ3v) is 5.59. The molecule has 0 amide bonds. The third-order valence-electron chi connectivity index (χ3n) is 3.27. The number of halogens is 2. The van der Waals surface area contributed by atoms with Gasteiger partial charge >= 0.3 is 0 Å². The van der Waals surface area contributed by atoms with E-state index in [0.29, 0.717) is 12.4 Å². The molecule has 0 bridgehead atoms. The average Bonchev–Trinajstić information content (AvgIpc) is 3.00. The van der Waals surface area contributed by atoms with E-state index in [9.17, 15) is 8.42 Å². The molecule has 1 saturated heterocycles. The highest BCUT2D eigenvalue weighted by Crippen LogP contribution is 2.31. The first-order valence-corrected chi connectivity index (χ1v) is 8.59. The first-order valence-electron chi connectivity index (χ1n) is 6.39. The Morgan fingerprint density at radius 3 is 2.64 bits per heavy atom. The van der Waals surface area contributed by atoms with Crippen molar-refractivity contribution in [2.24, 2.45) is 0 Å². The number of ether oxygens (including phenoxy) is 1. The molecule has 22 heavy (non-hydrogen) atoms. The van der Waals surface area contributed by atoms with Gasteiger partial charge in [-0.05, 0) is 18.2 Å². The number of hydrogen-bond acceptors (Lipinski definition) is 5. The Morgan fingerprint density at radius 1 is 1.27 bits per heavy atom. The molecular weight excluding hydrogens is 351 g/mol. The van der Waals surface area contributed by atoms with Gasteiger partial charge in [0.25, 0.3) is 0 Å². The van der Waals surface area contributed by atoms with Gasteiger partial charge < -0.3 is 4.74 Å². The van der Waals surface area contributed by atoms with E-state index >= 15 is 0 Å². The summed E-state index contributed by atoms with van der Waals surface area (Å²) >= 11 is 11.8. The smallest absolute Gasteiger partial charge is 0.244 e. The van der Waals surface area contributed by atoms with E-state index in [1.54, 1.807) is 0 Å². The number of hydrogen-bond donors (Lipinski definition) is 1. The summed E-state index contributed by atoms with van der Waals surface area (Å²) in [4.78, 5) is 4.07. The quantitative estimate of drug-likeness (QED) is 0.900. The number of nitrogens with zero attached hydrogens (tertiary/aromatic N) is 3. The van der Waals surface area contributed by atoms with E-state index < -0.39 is 16.1 Å². The SMILES string of the molecule is O=S(=O)(c1cc(Cl)cc(Cl)c1)N1CCOC[C@H]1c1ncn[nH]1. The van der Waals surface area contributed by atoms with Crippen LogP contribution in [0.2, 0.25) is 10.0 Å². The van der Waals surface area contributed by atoms with Crippen LogP contribution in [0.25, 0.3) is 0 Å². The lowest BCUT2D eigenvalue weighted by molar-refractivity contribution is 0.0291. The van der Waals surface area contributed by atoms with Crippen LogP contribution < -0.4 is 0 Å². The fourth-order valence-corrected chi connectivity index (χ4v) is 4.57. The van der Waals surface area contributed by atoms with Gasteiger partial charge in [-0.2, -0.15) is 9.40 Å². The maximum absolute atomic E-state index is 12.9. The Hall–Kier alpha value is -1.19. The monoisotopic (exact) mass is 362 g/mol. The molecule has 0 radical (unpaired) electrons. The fraction of sp³-hybridized carbons (Fsp3) is 0.333. The molecule has 2 aromatic rings. The van der Waals surface area contributed by atoms with Crippen LogP contribution in [0, 0.1) is 0 Å². The van der Waals surface area contributed by atoms with E-state index in [0.717, 1.165) is 0 Å². The van der Waals surface area contributed by atoms with E-state index in [2.05, 4.69) is 15.2 Å². The van der Waals surface area contributed by atoms with Crippen LogP contribution in [0.5, 0.6) is 0 Å². The summed E-state index contributed by atoms with van der Waals surface area (Å²) in [6.07, 6.45) is 1.32. The molecule has 10 heteroatoms. The lowest BCUT2D eigenvalue weighted by Gasteiger charge is -2.33. The predicted molar refractivity (Wildman–Crippen MR) is 80.3 cm³/mol. The highest BCUT2D eigenvalue weighted by Gasteiger charge is 2.36. The number of benzene rings is 1. The minimum absolute atomic E-state index is 0.0383. The van der Waals surface area contributed by atoms with Crippen LogP contribution in [0.3, 0.4) is 0 Å². The van der Waals surface area contributed by atoms with Gasteiger partial charge in [0, 0.05) is 16.6 Å². The largest absolute Gasteiger partial charge is 0.378 e. The Kier molecular flexibility index (Phi) is 4.37. The fourth-order valence-electron chi connectivity index (χ4n) is 2.28. The molecule has 0 saturated carbocycles. The molecule has 0 unspecified atom stereocenters. The van der Waals surface area contributed by atoms with Crippen molar-refractivity contribution in [2.75, 3.05) is 19.8 Å². The maximum atomic E-state index is 12.9. The van der Waals surface area contributed by atoms with Crippen molar-refractivity contribution in [1.29, 1.82) is 0 Å². The molecule has 1 N–H and O–H groups in total. The molecular formula is C12H12Cl2N4O3S. The molecule has 1 aromatic carbocycles. The highest BCUT2D eigenvalue weighted by atomic mass is 35.5. The summed E-state index contributed by atoms with van der Waals surface area (Å²) in [5, 5.41) is 6.96. The molecule has 1 aliphatic heterocycles. The summed E-state index contributed by atoms with van der Waals surface area (Å²) in [7, 11) is -3.79. The van der Waals surface area contributed by atoms with Crippen LogP contribution >= 0.6 is 23.2 Å². The van der Waals surface area contributed by atoms with E-state index in [1.165, 1.54) is 28.8 Å². The Morgan fingerprint density at radius 2 is 2.00 bits per heavy atom. The van der Waals surface area contributed by atoms with Crippen molar-refractivity contribution < 1.29 is 13.2 Å². The second-order valence-electron chi connectivity index (χ2n) is 4.68. The number of sulfonamides is 1. The summed E-state index contributed by atoms with van der Waals surface area (Å²) in [5.41, 5.74) is 0. The number of aromatic nitrogens is 3. The van der Waals surface area contributed by atoms with Crippen molar-refractivity contribution in [1.82, 2.24) is 19.5 Å². The average molecular weight is 363 g/mol. The molecule has 2 heterocycles. The van der Waals surface area contributed by atoms with Crippen LogP contribution in [0.1, 0.15) is 11.9 Å². The molecule has 7 nitrogen and oxygen atoms in total. The number of nitrogens with one attached hydrogen (secondary N) is 1. The van der Waals surface area contributed by atoms with Gasteiger partial charge in [-0.3, -0.25) is 5.10 Å². The van der Waals surface area contributed by atoms with Gasteiger partial charge in [0.2, 0.25) is 10.0 Å². The summed E-state index contributed by atoms with van der Waals surface area (Å²) in [6.45, 7) is 0.707. The highest BCUT2D eigenvalue weighted by molar-refractivity contribution is 7.89. The standard InChI is InChI=1S/C12H12Cl2N4O3S/c13-8-3-9(14)5-10(4-8)22(19,20)18-1-2-21-6-11(18)12-15-7-16-17-12/h3-5,7,11H,1-2,6H2,(H,15,16,17)/t11-/m0/s1. The predicted octanol–water partition coefficient (Wildman–Crippen LogP) is 1.87. The van der Waals surface area contributed by atoms with Gasteiger partial charge in [0.05, 0.1) is 18.1 Å². The van der Waals surface area contributed by atoms with Crippen LogP contribution in [-0.4, -0.2) is 47.7 Å². The Balaban J connectivity index is 2.02. The van der Waals surface area contributed by atoms with Crippen molar-refractivity contribution in [3.63, 3.8) is 0 Å². The van der Waals surface area contributed by atoms with E-state index in [4.69, 9.17) is 27.9 Å². The molecule has 1 fully saturated rings. The summed E-state index contributed by atoms with van der Waals surface area (Å²) in [6, 6.07) is 3.65.